The Bertz CT molecular complexity index is 1830. The summed E-state index contributed by atoms with van der Waals surface area (Å²) in [7, 11) is 0. The normalized spacial score (nSPS) is 15.4. The number of benzene rings is 4. The lowest BCUT2D eigenvalue weighted by molar-refractivity contribution is 0.483. The molecule has 0 spiro atoms. The summed E-state index contributed by atoms with van der Waals surface area (Å²) >= 11 is 0. The van der Waals surface area contributed by atoms with Gasteiger partial charge in [-0.3, -0.25) is 9.80 Å². The average Bonchev–Trinajstić information content (AvgIpc) is 3.06. The van der Waals surface area contributed by atoms with Crippen LogP contribution in [0.1, 0.15) is 49.9 Å². The first kappa shape index (κ1) is 27.2. The number of anilines is 6. The number of nitrogens with zero attached hydrogens (tertiary/aromatic N) is 4. The Morgan fingerprint density at radius 3 is 1.36 bits per heavy atom. The first-order chi connectivity index (χ1) is 21.8. The van der Waals surface area contributed by atoms with Crippen molar-refractivity contribution in [1.82, 2.24) is 9.97 Å². The lowest BCUT2D eigenvalue weighted by atomic mass is 9.74. The quantitative estimate of drug-likeness (QED) is 0.206. The van der Waals surface area contributed by atoms with E-state index in [0.717, 1.165) is 45.9 Å². The third-order valence-corrected chi connectivity index (χ3v) is 9.37. The van der Waals surface area contributed by atoms with Gasteiger partial charge in [0, 0.05) is 46.5 Å². The van der Waals surface area contributed by atoms with Crippen LogP contribution < -0.4 is 14.5 Å². The van der Waals surface area contributed by atoms with Gasteiger partial charge < -0.3 is 4.74 Å². The van der Waals surface area contributed by atoms with Gasteiger partial charge in [-0.25, -0.2) is 9.97 Å². The maximum absolute atomic E-state index is 6.58. The lowest BCUT2D eigenvalue weighted by Gasteiger charge is -2.41. The molecule has 0 atom stereocenters. The molecule has 5 nitrogen and oxygen atoms in total. The maximum atomic E-state index is 6.58. The van der Waals surface area contributed by atoms with Gasteiger partial charge >= 0.3 is 0 Å². The summed E-state index contributed by atoms with van der Waals surface area (Å²) in [4.78, 5) is 14.2. The smallest absolute Gasteiger partial charge is 0.141 e. The molecule has 0 bridgehead atoms. The molecule has 220 valence electrons. The molecule has 4 aromatic carbocycles. The van der Waals surface area contributed by atoms with Crippen LogP contribution in [0.2, 0.25) is 0 Å². The molecule has 0 saturated heterocycles. The van der Waals surface area contributed by atoms with Crippen LogP contribution >= 0.6 is 0 Å². The first-order valence-corrected chi connectivity index (χ1v) is 15.4. The molecule has 45 heavy (non-hydrogen) atoms. The van der Waals surface area contributed by atoms with Crippen LogP contribution in [0, 0.1) is 0 Å². The van der Waals surface area contributed by atoms with Crippen LogP contribution in [-0.4, -0.2) is 9.97 Å². The molecule has 0 amide bonds. The molecular weight excluding hydrogens is 552 g/mol. The van der Waals surface area contributed by atoms with Gasteiger partial charge in [-0.15, -0.1) is 0 Å². The topological polar surface area (TPSA) is 41.5 Å². The fourth-order valence-electron chi connectivity index (χ4n) is 7.07. The molecule has 0 unspecified atom stereocenters. The second-order valence-electron chi connectivity index (χ2n) is 12.8. The molecule has 2 aliphatic heterocycles. The minimum Gasteiger partial charge on any atom is -0.457 e. The molecule has 2 aliphatic rings. The Morgan fingerprint density at radius 1 is 0.467 bits per heavy atom. The summed E-state index contributed by atoms with van der Waals surface area (Å²) < 4.78 is 6.58. The predicted molar refractivity (Wildman–Crippen MR) is 182 cm³/mol. The highest BCUT2D eigenvalue weighted by Gasteiger charge is 2.39. The van der Waals surface area contributed by atoms with Crippen LogP contribution in [0.3, 0.4) is 0 Å². The van der Waals surface area contributed by atoms with E-state index < -0.39 is 0 Å². The molecule has 6 aromatic rings. The molecule has 8 rings (SSSR count). The van der Waals surface area contributed by atoms with Crippen molar-refractivity contribution in [3.05, 3.63) is 156 Å². The number of rotatable bonds is 4. The zero-order chi connectivity index (χ0) is 30.8. The number of aromatic nitrogens is 2. The van der Waals surface area contributed by atoms with Crippen LogP contribution in [0.15, 0.2) is 134 Å². The van der Waals surface area contributed by atoms with Gasteiger partial charge in [-0.1, -0.05) is 88.4 Å². The number of fused-ring (bicyclic) bond motifs is 4. The minimum absolute atomic E-state index is 0.166. The van der Waals surface area contributed by atoms with E-state index in [0.29, 0.717) is 0 Å². The average molecular weight is 587 g/mol. The van der Waals surface area contributed by atoms with E-state index in [9.17, 15) is 0 Å². The molecule has 0 fully saturated rings. The molecule has 2 aromatic heterocycles. The number of hydrogen-bond acceptors (Lipinski definition) is 5. The van der Waals surface area contributed by atoms with Gasteiger partial charge in [-0.05, 0) is 59.7 Å². The zero-order valence-corrected chi connectivity index (χ0v) is 25.9. The maximum Gasteiger partial charge on any atom is 0.141 e. The largest absolute Gasteiger partial charge is 0.457 e. The van der Waals surface area contributed by atoms with E-state index in [4.69, 9.17) is 14.7 Å². The van der Waals surface area contributed by atoms with Crippen molar-refractivity contribution in [1.29, 1.82) is 0 Å². The van der Waals surface area contributed by atoms with Crippen LogP contribution in [0.25, 0.3) is 0 Å². The summed E-state index contributed by atoms with van der Waals surface area (Å²) in [5.41, 5.74) is 8.85. The van der Waals surface area contributed by atoms with Crippen molar-refractivity contribution in [3.8, 4) is 11.5 Å². The number of pyridine rings is 2. The first-order valence-electron chi connectivity index (χ1n) is 15.4. The molecule has 0 aliphatic carbocycles. The summed E-state index contributed by atoms with van der Waals surface area (Å²) in [6.45, 7) is 9.08. The van der Waals surface area contributed by atoms with Gasteiger partial charge in [0.1, 0.15) is 23.1 Å². The zero-order valence-electron chi connectivity index (χ0n) is 25.9. The molecule has 0 saturated carbocycles. The van der Waals surface area contributed by atoms with Crippen molar-refractivity contribution in [2.75, 3.05) is 9.80 Å². The van der Waals surface area contributed by atoms with Crippen LogP contribution in [0.4, 0.5) is 34.4 Å². The highest BCUT2D eigenvalue weighted by molar-refractivity contribution is 5.85. The molecule has 5 heteroatoms. The van der Waals surface area contributed by atoms with Crippen LogP contribution in [-0.2, 0) is 10.8 Å². The molecule has 0 N–H and O–H groups in total. The molecular formula is C40H34N4O. The van der Waals surface area contributed by atoms with E-state index in [1.807, 2.05) is 48.8 Å². The fraction of sp³-hybridized carbons (Fsp3) is 0.150. The van der Waals surface area contributed by atoms with Crippen molar-refractivity contribution >= 4 is 34.4 Å². The van der Waals surface area contributed by atoms with Gasteiger partial charge in [0.15, 0.2) is 0 Å². The number of ether oxygens (including phenoxy) is 1. The summed E-state index contributed by atoms with van der Waals surface area (Å²) in [5.74, 6) is 3.39. The van der Waals surface area contributed by atoms with Gasteiger partial charge in [0.05, 0.1) is 22.7 Å². The van der Waals surface area contributed by atoms with E-state index in [1.54, 1.807) is 0 Å². The Kier molecular flexibility index (Phi) is 6.07. The number of para-hydroxylation sites is 2. The predicted octanol–water partition coefficient (Wildman–Crippen LogP) is 10.5. The summed E-state index contributed by atoms with van der Waals surface area (Å²) in [6.07, 6.45) is 3.74. The Labute approximate surface area is 264 Å². The Morgan fingerprint density at radius 2 is 0.889 bits per heavy atom. The van der Waals surface area contributed by atoms with Gasteiger partial charge in [0.2, 0.25) is 0 Å². The minimum atomic E-state index is -0.166. The SMILES string of the molecule is CC1(C)c2ccccc2N(c2cccc(Oc3cccc(N4c5ccccc5C(C)(C)c5cccnc54)c3)c2)c2ncccc21. The van der Waals surface area contributed by atoms with E-state index in [-0.39, 0.29) is 10.8 Å². The highest BCUT2D eigenvalue weighted by Crippen LogP contribution is 2.52. The Hall–Kier alpha value is -5.42. The van der Waals surface area contributed by atoms with Crippen molar-refractivity contribution in [3.63, 3.8) is 0 Å². The summed E-state index contributed by atoms with van der Waals surface area (Å²) in [6, 6.07) is 42.1. The van der Waals surface area contributed by atoms with E-state index in [2.05, 4.69) is 122 Å². The highest BCUT2D eigenvalue weighted by atomic mass is 16.5. The molecule has 0 radical (unpaired) electrons. The van der Waals surface area contributed by atoms with Gasteiger partial charge in [0.25, 0.3) is 0 Å². The molecule has 4 heterocycles. The third-order valence-electron chi connectivity index (χ3n) is 9.37. The summed E-state index contributed by atoms with van der Waals surface area (Å²) in [5, 5.41) is 0. The van der Waals surface area contributed by atoms with Crippen molar-refractivity contribution < 1.29 is 4.74 Å². The van der Waals surface area contributed by atoms with E-state index in [1.165, 1.54) is 22.3 Å². The van der Waals surface area contributed by atoms with E-state index >= 15 is 0 Å². The lowest BCUT2D eigenvalue weighted by Crippen LogP contribution is -2.31. The second-order valence-corrected chi connectivity index (χ2v) is 12.8. The standard InChI is InChI=1S/C40H34N4O/c1-39(2)31-17-5-7-21-35(31)43(37-33(39)19-11-23-41-37)27-13-9-15-29(25-27)45-30-16-10-14-28(26-30)44-36-22-8-6-18-32(36)40(3,4)34-20-12-24-42-38(34)44/h5-26H,1-4H3. The number of hydrogen-bond donors (Lipinski definition) is 0. The van der Waals surface area contributed by atoms with Crippen LogP contribution in [0.5, 0.6) is 11.5 Å². The third kappa shape index (κ3) is 4.22. The van der Waals surface area contributed by atoms with Gasteiger partial charge in [-0.2, -0.15) is 0 Å². The Balaban J connectivity index is 1.18. The monoisotopic (exact) mass is 586 g/mol. The van der Waals surface area contributed by atoms with Crippen molar-refractivity contribution in [2.45, 2.75) is 38.5 Å². The fourth-order valence-corrected chi connectivity index (χ4v) is 7.07. The van der Waals surface area contributed by atoms with Crippen molar-refractivity contribution in [2.24, 2.45) is 0 Å². The second kappa shape index (κ2) is 10.1.